The Morgan fingerprint density at radius 3 is 2.65 bits per heavy atom. The first-order valence-corrected chi connectivity index (χ1v) is 6.38. The number of halogens is 1. The molecule has 1 heterocycles. The monoisotopic (exact) mass is 300 g/mol. The molecule has 1 amide bonds. The summed E-state index contributed by atoms with van der Waals surface area (Å²) < 4.78 is 5.03. The lowest BCUT2D eigenvalue weighted by molar-refractivity contribution is -0.139. The van der Waals surface area contributed by atoms with E-state index in [4.69, 9.17) is 21.4 Å². The Morgan fingerprint density at radius 1 is 1.50 bits per heavy atom. The van der Waals surface area contributed by atoms with E-state index in [1.807, 2.05) is 0 Å². The van der Waals surface area contributed by atoms with E-state index in [0.29, 0.717) is 5.56 Å². The van der Waals surface area contributed by atoms with Crippen LogP contribution in [0.2, 0.25) is 5.15 Å². The number of aliphatic carboxylic acids is 1. The van der Waals surface area contributed by atoms with Gasteiger partial charge in [0.05, 0.1) is 0 Å². The normalized spacial score (nSPS) is 12.6. The maximum absolute atomic E-state index is 11.6. The zero-order valence-electron chi connectivity index (χ0n) is 11.5. The van der Waals surface area contributed by atoms with E-state index in [1.54, 1.807) is 32.9 Å². The predicted molar refractivity (Wildman–Crippen MR) is 73.7 cm³/mol. The van der Waals surface area contributed by atoms with Crippen molar-refractivity contribution in [2.45, 2.75) is 38.8 Å². The number of carbonyl (C=O) groups excluding carboxylic acids is 1. The fraction of sp³-hybridized carbons (Fsp3) is 0.462. The maximum atomic E-state index is 11.6. The first kappa shape index (κ1) is 16.2. The number of pyridine rings is 1. The molecule has 6 nitrogen and oxygen atoms in total. The molecule has 1 aromatic rings. The molecule has 0 aliphatic heterocycles. The number of amides is 1. The number of carboxylic acids is 1. The lowest BCUT2D eigenvalue weighted by atomic mass is 10.1. The van der Waals surface area contributed by atoms with Gasteiger partial charge in [-0.2, -0.15) is 0 Å². The van der Waals surface area contributed by atoms with Crippen molar-refractivity contribution in [2.75, 3.05) is 0 Å². The summed E-state index contributed by atoms with van der Waals surface area (Å²) in [4.78, 5) is 26.6. The van der Waals surface area contributed by atoms with E-state index in [9.17, 15) is 9.59 Å². The number of aromatic nitrogens is 1. The van der Waals surface area contributed by atoms with Crippen molar-refractivity contribution >= 4 is 23.7 Å². The number of nitrogens with zero attached hydrogens (tertiary/aromatic N) is 1. The highest BCUT2D eigenvalue weighted by Gasteiger charge is 2.24. The molecule has 0 radical (unpaired) electrons. The standard InChI is InChI=1S/C13H17ClN2O4/c1-13(2,3)20-12(19)16-9(11(17)18)6-8-4-5-15-10(14)7-8/h4-5,7,9H,6H2,1-3H3,(H,16,19)(H,17,18). The van der Waals surface area contributed by atoms with Crippen LogP contribution in [-0.4, -0.2) is 33.8 Å². The van der Waals surface area contributed by atoms with Gasteiger partial charge in [0.25, 0.3) is 0 Å². The Morgan fingerprint density at radius 2 is 2.15 bits per heavy atom. The molecule has 0 bridgehead atoms. The summed E-state index contributed by atoms with van der Waals surface area (Å²) in [6.07, 6.45) is 0.797. The van der Waals surface area contributed by atoms with Gasteiger partial charge in [0.15, 0.2) is 0 Å². The van der Waals surface area contributed by atoms with Gasteiger partial charge in [-0.1, -0.05) is 11.6 Å². The van der Waals surface area contributed by atoms with Crippen molar-refractivity contribution in [1.82, 2.24) is 10.3 Å². The fourth-order valence-electron chi connectivity index (χ4n) is 1.46. The molecule has 0 fully saturated rings. The quantitative estimate of drug-likeness (QED) is 0.833. The Hall–Kier alpha value is -1.82. The number of nitrogens with one attached hydrogen (secondary N) is 1. The van der Waals surface area contributed by atoms with Gasteiger partial charge in [-0.25, -0.2) is 14.6 Å². The van der Waals surface area contributed by atoms with Crippen LogP contribution in [0.3, 0.4) is 0 Å². The second-order valence-electron chi connectivity index (χ2n) is 5.23. The third kappa shape index (κ3) is 5.88. The number of rotatable bonds is 4. The van der Waals surface area contributed by atoms with E-state index in [1.165, 1.54) is 6.20 Å². The van der Waals surface area contributed by atoms with Gasteiger partial charge in [-0.05, 0) is 38.5 Å². The molecular weight excluding hydrogens is 284 g/mol. The lowest BCUT2D eigenvalue weighted by Crippen LogP contribution is -2.44. The van der Waals surface area contributed by atoms with Crippen molar-refractivity contribution < 1.29 is 19.4 Å². The molecule has 0 spiro atoms. The Labute approximate surface area is 122 Å². The Bertz CT molecular complexity index is 499. The molecule has 110 valence electrons. The molecule has 1 aromatic heterocycles. The molecule has 0 saturated heterocycles. The fourth-order valence-corrected chi connectivity index (χ4v) is 1.65. The molecule has 0 saturated carbocycles. The smallest absolute Gasteiger partial charge is 0.408 e. The molecule has 1 rings (SSSR count). The summed E-state index contributed by atoms with van der Waals surface area (Å²) in [5, 5.41) is 11.7. The summed E-state index contributed by atoms with van der Waals surface area (Å²) in [5.41, 5.74) is -0.0268. The van der Waals surface area contributed by atoms with Gasteiger partial charge < -0.3 is 15.2 Å². The van der Waals surface area contributed by atoms with Crippen LogP contribution in [0.25, 0.3) is 0 Å². The highest BCUT2D eigenvalue weighted by molar-refractivity contribution is 6.29. The van der Waals surface area contributed by atoms with Gasteiger partial charge in [-0.3, -0.25) is 0 Å². The molecule has 7 heteroatoms. The minimum Gasteiger partial charge on any atom is -0.480 e. The van der Waals surface area contributed by atoms with Crippen molar-refractivity contribution in [1.29, 1.82) is 0 Å². The number of hydrogen-bond acceptors (Lipinski definition) is 4. The molecule has 0 aliphatic carbocycles. The Balaban J connectivity index is 2.71. The first-order chi connectivity index (χ1) is 9.17. The largest absolute Gasteiger partial charge is 0.480 e. The molecule has 1 unspecified atom stereocenters. The van der Waals surface area contributed by atoms with Crippen LogP contribution in [0.5, 0.6) is 0 Å². The number of alkyl carbamates (subject to hydrolysis) is 1. The van der Waals surface area contributed by atoms with Crippen LogP contribution < -0.4 is 5.32 Å². The van der Waals surface area contributed by atoms with Crippen LogP contribution >= 0.6 is 11.6 Å². The van der Waals surface area contributed by atoms with E-state index in [-0.39, 0.29) is 11.6 Å². The third-order valence-electron chi connectivity index (χ3n) is 2.22. The van der Waals surface area contributed by atoms with Crippen LogP contribution in [0.1, 0.15) is 26.3 Å². The van der Waals surface area contributed by atoms with Crippen LogP contribution in [0.4, 0.5) is 4.79 Å². The summed E-state index contributed by atoms with van der Waals surface area (Å²) in [6, 6.07) is 2.09. The summed E-state index contributed by atoms with van der Waals surface area (Å²) >= 11 is 5.73. The molecule has 20 heavy (non-hydrogen) atoms. The number of hydrogen-bond donors (Lipinski definition) is 2. The van der Waals surface area contributed by atoms with Gasteiger partial charge in [0, 0.05) is 12.6 Å². The molecular formula is C13H17ClN2O4. The lowest BCUT2D eigenvalue weighted by Gasteiger charge is -2.22. The zero-order valence-corrected chi connectivity index (χ0v) is 12.3. The molecule has 2 N–H and O–H groups in total. The minimum atomic E-state index is -1.15. The molecule has 0 aromatic carbocycles. The number of ether oxygens (including phenoxy) is 1. The highest BCUT2D eigenvalue weighted by atomic mass is 35.5. The number of carboxylic acid groups (broad SMARTS) is 1. The predicted octanol–water partition coefficient (Wildman–Crippen LogP) is 2.26. The topological polar surface area (TPSA) is 88.5 Å². The van der Waals surface area contributed by atoms with Crippen molar-refractivity contribution in [3.8, 4) is 0 Å². The van der Waals surface area contributed by atoms with Gasteiger partial charge in [0.1, 0.15) is 16.8 Å². The third-order valence-corrected chi connectivity index (χ3v) is 2.43. The van der Waals surface area contributed by atoms with Gasteiger partial charge in [0.2, 0.25) is 0 Å². The van der Waals surface area contributed by atoms with E-state index < -0.39 is 23.7 Å². The highest BCUT2D eigenvalue weighted by Crippen LogP contribution is 2.11. The van der Waals surface area contributed by atoms with Crippen LogP contribution in [0.15, 0.2) is 18.3 Å². The average Bonchev–Trinajstić information content (AvgIpc) is 2.25. The summed E-state index contributed by atoms with van der Waals surface area (Å²) in [7, 11) is 0. The van der Waals surface area contributed by atoms with E-state index in [2.05, 4.69) is 10.3 Å². The summed E-state index contributed by atoms with van der Waals surface area (Å²) in [6.45, 7) is 5.10. The van der Waals surface area contributed by atoms with Crippen LogP contribution in [0, 0.1) is 0 Å². The number of carbonyl (C=O) groups is 2. The van der Waals surface area contributed by atoms with E-state index in [0.717, 1.165) is 0 Å². The summed E-state index contributed by atoms with van der Waals surface area (Å²) in [5.74, 6) is -1.15. The second-order valence-corrected chi connectivity index (χ2v) is 5.62. The van der Waals surface area contributed by atoms with Gasteiger partial charge >= 0.3 is 12.1 Å². The van der Waals surface area contributed by atoms with Crippen molar-refractivity contribution in [3.63, 3.8) is 0 Å². The van der Waals surface area contributed by atoms with Gasteiger partial charge in [-0.15, -0.1) is 0 Å². The average molecular weight is 301 g/mol. The second kappa shape index (κ2) is 6.56. The minimum absolute atomic E-state index is 0.0941. The van der Waals surface area contributed by atoms with Crippen LogP contribution in [-0.2, 0) is 16.0 Å². The SMILES string of the molecule is CC(C)(C)OC(=O)NC(Cc1ccnc(Cl)c1)C(=O)O. The zero-order chi connectivity index (χ0) is 15.3. The van der Waals surface area contributed by atoms with E-state index >= 15 is 0 Å². The van der Waals surface area contributed by atoms with Crippen molar-refractivity contribution in [2.24, 2.45) is 0 Å². The maximum Gasteiger partial charge on any atom is 0.408 e. The van der Waals surface area contributed by atoms with Crippen molar-refractivity contribution in [3.05, 3.63) is 29.0 Å². The first-order valence-electron chi connectivity index (χ1n) is 6.00. The molecule has 0 aliphatic rings. The molecule has 1 atom stereocenters. The Kier molecular flexibility index (Phi) is 5.33.